The zero-order valence-electron chi connectivity index (χ0n) is 21.5. The fourth-order valence-corrected chi connectivity index (χ4v) is 6.57. The van der Waals surface area contributed by atoms with E-state index in [9.17, 15) is 9.59 Å². The van der Waals surface area contributed by atoms with Gasteiger partial charge in [-0.05, 0) is 74.0 Å². The second kappa shape index (κ2) is 8.96. The van der Waals surface area contributed by atoms with Crippen LogP contribution in [0.3, 0.4) is 0 Å². The maximum absolute atomic E-state index is 13.4. The van der Waals surface area contributed by atoms with Crippen LogP contribution < -0.4 is 15.4 Å². The number of benzene rings is 3. The van der Waals surface area contributed by atoms with E-state index in [0.717, 1.165) is 59.4 Å². The molecular weight excluding hydrogens is 478 g/mol. The van der Waals surface area contributed by atoms with Gasteiger partial charge in [-0.25, -0.2) is 0 Å². The number of rotatable bonds is 3. The molecule has 0 saturated carbocycles. The number of hydrogen-bond acceptors (Lipinski definition) is 5. The summed E-state index contributed by atoms with van der Waals surface area (Å²) in [5, 5.41) is 6.34. The van der Waals surface area contributed by atoms with Gasteiger partial charge in [-0.3, -0.25) is 9.59 Å². The van der Waals surface area contributed by atoms with E-state index in [1.54, 1.807) is 4.90 Å². The number of aryl methyl sites for hydroxylation is 1. The lowest BCUT2D eigenvalue weighted by Gasteiger charge is -2.37. The summed E-state index contributed by atoms with van der Waals surface area (Å²) >= 11 is 0. The lowest BCUT2D eigenvalue weighted by Crippen LogP contribution is -2.49. The first-order chi connectivity index (χ1) is 18.5. The molecule has 2 fully saturated rings. The highest BCUT2D eigenvalue weighted by atomic mass is 16.5. The molecule has 2 saturated heterocycles. The van der Waals surface area contributed by atoms with Crippen LogP contribution in [0.15, 0.2) is 60.7 Å². The third-order valence-electron chi connectivity index (χ3n) is 8.40. The normalized spacial score (nSPS) is 25.0. The third-order valence-corrected chi connectivity index (χ3v) is 8.40. The highest BCUT2D eigenvalue weighted by Gasteiger charge is 2.49. The lowest BCUT2D eigenvalue weighted by molar-refractivity contribution is -0.138. The second-order valence-electron chi connectivity index (χ2n) is 10.8. The van der Waals surface area contributed by atoms with Crippen molar-refractivity contribution in [1.29, 1.82) is 0 Å². The average molecular weight is 510 g/mol. The molecule has 3 atom stereocenters. The van der Waals surface area contributed by atoms with Crippen LogP contribution in [0.5, 0.6) is 11.5 Å². The van der Waals surface area contributed by atoms with E-state index in [2.05, 4.69) is 34.9 Å². The number of amides is 2. The van der Waals surface area contributed by atoms with Gasteiger partial charge in [0.15, 0.2) is 5.60 Å². The molecule has 0 radical (unpaired) electrons. The molecule has 2 N–H and O–H groups in total. The average Bonchev–Trinajstić information content (AvgIpc) is 3.69. The maximum Gasteiger partial charge on any atom is 0.247 e. The number of anilines is 1. The Labute approximate surface area is 222 Å². The quantitative estimate of drug-likeness (QED) is 0.539. The Hall–Kier alpha value is -3.68. The number of carbonyl (C=O) groups is 2. The molecule has 2 amide bonds. The highest BCUT2D eigenvalue weighted by Crippen LogP contribution is 2.56. The largest absolute Gasteiger partial charge is 0.456 e. The van der Waals surface area contributed by atoms with Crippen LogP contribution in [0.2, 0.25) is 0 Å². The molecule has 3 aromatic carbocycles. The van der Waals surface area contributed by atoms with Gasteiger partial charge in [0, 0.05) is 29.4 Å². The first-order valence-electron chi connectivity index (χ1n) is 13.6. The van der Waals surface area contributed by atoms with Crippen molar-refractivity contribution < 1.29 is 19.1 Å². The van der Waals surface area contributed by atoms with Gasteiger partial charge in [-0.15, -0.1) is 0 Å². The zero-order chi connectivity index (χ0) is 25.9. The first kappa shape index (κ1) is 23.4. The summed E-state index contributed by atoms with van der Waals surface area (Å²) in [5.41, 5.74) is 5.16. The van der Waals surface area contributed by atoms with E-state index in [-0.39, 0.29) is 17.9 Å². The fraction of sp³-hybridized carbons (Fsp3) is 0.355. The van der Waals surface area contributed by atoms with Crippen LogP contribution in [0, 0.1) is 6.92 Å². The van der Waals surface area contributed by atoms with Gasteiger partial charge in [0.1, 0.15) is 17.5 Å². The van der Waals surface area contributed by atoms with Crippen molar-refractivity contribution in [1.82, 2.24) is 10.2 Å². The third kappa shape index (κ3) is 3.56. The van der Waals surface area contributed by atoms with Crippen molar-refractivity contribution >= 4 is 17.5 Å². The SMILES string of the molecule is Cc1ccc2c(c1)Oc1cc(NC(=O)[C@@H]3CCCN3C(=O)[C@@H]3CCCN3)ccc1C21OCc2ccccc21. The first-order valence-corrected chi connectivity index (χ1v) is 13.6. The lowest BCUT2D eigenvalue weighted by atomic mass is 9.77. The van der Waals surface area contributed by atoms with Gasteiger partial charge >= 0.3 is 0 Å². The maximum atomic E-state index is 13.4. The summed E-state index contributed by atoms with van der Waals surface area (Å²) in [6.45, 7) is 4.04. The van der Waals surface area contributed by atoms with Gasteiger partial charge in [0.2, 0.25) is 11.8 Å². The van der Waals surface area contributed by atoms with E-state index < -0.39 is 11.6 Å². The minimum atomic E-state index is -0.765. The van der Waals surface area contributed by atoms with Crippen molar-refractivity contribution in [2.75, 3.05) is 18.4 Å². The summed E-state index contributed by atoms with van der Waals surface area (Å²) in [7, 11) is 0. The second-order valence-corrected chi connectivity index (χ2v) is 10.8. The Morgan fingerprint density at radius 2 is 1.79 bits per heavy atom. The van der Waals surface area contributed by atoms with Gasteiger partial charge in [0.25, 0.3) is 0 Å². The molecule has 1 spiro atoms. The van der Waals surface area contributed by atoms with Crippen LogP contribution >= 0.6 is 0 Å². The monoisotopic (exact) mass is 509 g/mol. The predicted molar refractivity (Wildman–Crippen MR) is 143 cm³/mol. The Bertz CT molecular complexity index is 1450. The molecule has 38 heavy (non-hydrogen) atoms. The molecule has 7 nitrogen and oxygen atoms in total. The number of likely N-dealkylation sites (tertiary alicyclic amines) is 1. The number of carbonyl (C=O) groups excluding carboxylic acids is 2. The summed E-state index contributed by atoms with van der Waals surface area (Å²) in [5.74, 6) is 1.30. The molecule has 0 aromatic heterocycles. The molecule has 0 aliphatic carbocycles. The predicted octanol–water partition coefficient (Wildman–Crippen LogP) is 4.60. The van der Waals surface area contributed by atoms with E-state index in [1.807, 2.05) is 43.3 Å². The van der Waals surface area contributed by atoms with E-state index >= 15 is 0 Å². The summed E-state index contributed by atoms with van der Waals surface area (Å²) < 4.78 is 13.0. The number of hydrogen-bond donors (Lipinski definition) is 2. The molecule has 7 heteroatoms. The van der Waals surface area contributed by atoms with Gasteiger partial charge in [0.05, 0.1) is 12.6 Å². The molecule has 0 bridgehead atoms. The fourth-order valence-electron chi connectivity index (χ4n) is 6.57. The van der Waals surface area contributed by atoms with E-state index in [1.165, 1.54) is 0 Å². The number of nitrogens with zero attached hydrogens (tertiary/aromatic N) is 1. The standard InChI is InChI=1S/C31H31N3O4/c1-19-10-12-23-27(16-19)38-28-17-21(11-13-24(28)31(23)22-7-3-2-6-20(22)18-37-31)33-29(35)26-9-5-15-34(26)30(36)25-8-4-14-32-25/h2-3,6-7,10-13,16-17,25-26,32H,4-5,8-9,14-15,18H2,1H3,(H,33,35)/t25-,26-,31?/m0/s1. The summed E-state index contributed by atoms with van der Waals surface area (Å²) in [6.07, 6.45) is 3.33. The molecule has 4 aliphatic heterocycles. The van der Waals surface area contributed by atoms with Gasteiger partial charge in [-0.1, -0.05) is 36.4 Å². The minimum Gasteiger partial charge on any atom is -0.456 e. The smallest absolute Gasteiger partial charge is 0.247 e. The molecule has 4 aliphatic rings. The van der Waals surface area contributed by atoms with Crippen LogP contribution in [0.25, 0.3) is 0 Å². The Morgan fingerprint density at radius 3 is 2.63 bits per heavy atom. The van der Waals surface area contributed by atoms with Crippen molar-refractivity contribution in [2.24, 2.45) is 0 Å². The zero-order valence-corrected chi connectivity index (χ0v) is 21.5. The van der Waals surface area contributed by atoms with Crippen molar-refractivity contribution in [3.8, 4) is 11.5 Å². The molecule has 7 rings (SSSR count). The van der Waals surface area contributed by atoms with Crippen LogP contribution in [-0.2, 0) is 26.5 Å². The van der Waals surface area contributed by atoms with Crippen LogP contribution in [-0.4, -0.2) is 41.9 Å². The summed E-state index contributed by atoms with van der Waals surface area (Å²) in [4.78, 5) is 28.2. The molecule has 4 heterocycles. The number of fused-ring (bicyclic) bond motifs is 6. The number of ether oxygens (including phenoxy) is 2. The van der Waals surface area contributed by atoms with Crippen LogP contribution in [0.1, 0.15) is 53.5 Å². The molecular formula is C31H31N3O4. The minimum absolute atomic E-state index is 0.0416. The number of nitrogens with one attached hydrogen (secondary N) is 2. The summed E-state index contributed by atoms with van der Waals surface area (Å²) in [6, 6.07) is 19.7. The van der Waals surface area contributed by atoms with Gasteiger partial charge < -0.3 is 25.0 Å². The molecule has 1 unspecified atom stereocenters. The Morgan fingerprint density at radius 1 is 0.974 bits per heavy atom. The van der Waals surface area contributed by atoms with Crippen LogP contribution in [0.4, 0.5) is 5.69 Å². The van der Waals surface area contributed by atoms with Crippen molar-refractivity contribution in [3.05, 3.63) is 88.5 Å². The molecule has 3 aromatic rings. The van der Waals surface area contributed by atoms with Crippen molar-refractivity contribution in [2.45, 2.75) is 56.9 Å². The highest BCUT2D eigenvalue weighted by molar-refractivity contribution is 5.98. The van der Waals surface area contributed by atoms with Gasteiger partial charge in [-0.2, -0.15) is 0 Å². The van der Waals surface area contributed by atoms with Crippen molar-refractivity contribution in [3.63, 3.8) is 0 Å². The van der Waals surface area contributed by atoms with E-state index in [0.29, 0.717) is 31.0 Å². The topological polar surface area (TPSA) is 79.9 Å². The molecule has 194 valence electrons. The Kier molecular flexibility index (Phi) is 5.53. The van der Waals surface area contributed by atoms with E-state index in [4.69, 9.17) is 9.47 Å². The Balaban J connectivity index is 1.21.